The van der Waals surface area contributed by atoms with Gasteiger partial charge >= 0.3 is 0 Å². The fourth-order valence-corrected chi connectivity index (χ4v) is 4.72. The summed E-state index contributed by atoms with van der Waals surface area (Å²) in [6.07, 6.45) is 0. The first-order chi connectivity index (χ1) is 12.9. The van der Waals surface area contributed by atoms with Crippen LogP contribution in [0, 0.1) is 5.82 Å². The maximum absolute atomic E-state index is 13.4. The lowest BCUT2D eigenvalue weighted by Crippen LogP contribution is -2.39. The van der Waals surface area contributed by atoms with Crippen LogP contribution in [0.5, 0.6) is 0 Å². The number of alkyl halides is 1. The molecule has 0 saturated carbocycles. The van der Waals surface area contributed by atoms with E-state index in [1.54, 1.807) is 12.1 Å². The molecule has 9 heteroatoms. The predicted molar refractivity (Wildman–Crippen MR) is 113 cm³/mol. The molecule has 154 valence electrons. The quantitative estimate of drug-likeness (QED) is 0.617. The van der Waals surface area contributed by atoms with E-state index in [-0.39, 0.29) is 17.7 Å². The average molecular weight is 474 g/mol. The van der Waals surface area contributed by atoms with Crippen LogP contribution in [-0.2, 0) is 15.4 Å². The lowest BCUT2D eigenvalue weighted by molar-refractivity contribution is 0.105. The van der Waals surface area contributed by atoms with E-state index in [9.17, 15) is 17.9 Å². The summed E-state index contributed by atoms with van der Waals surface area (Å²) in [6.45, 7) is 6.77. The number of aromatic nitrogens is 2. The maximum atomic E-state index is 13.4. The van der Waals surface area contributed by atoms with Gasteiger partial charge in [-0.25, -0.2) is 27.1 Å². The summed E-state index contributed by atoms with van der Waals surface area (Å²) in [5.74, 6) is -0.814. The molecule has 1 aromatic heterocycles. The van der Waals surface area contributed by atoms with Gasteiger partial charge in [-0.15, -0.1) is 0 Å². The van der Waals surface area contributed by atoms with Gasteiger partial charge < -0.3 is 5.11 Å². The van der Waals surface area contributed by atoms with Crippen molar-refractivity contribution >= 4 is 31.9 Å². The van der Waals surface area contributed by atoms with E-state index < -0.39 is 21.4 Å². The molecule has 1 N–H and O–H groups in total. The molecular weight excluding hydrogens is 449 g/mol. The van der Waals surface area contributed by atoms with Crippen molar-refractivity contribution in [3.05, 3.63) is 41.3 Å². The molecule has 2 aromatic rings. The summed E-state index contributed by atoms with van der Waals surface area (Å²) in [7, 11) is -2.49. The molecule has 0 spiro atoms. The number of benzene rings is 1. The molecule has 0 aliphatic heterocycles. The van der Waals surface area contributed by atoms with Crippen LogP contribution in [0.25, 0.3) is 11.3 Å². The number of anilines is 1. The maximum Gasteiger partial charge on any atom is 0.240 e. The average Bonchev–Trinajstić information content (AvgIpc) is 2.58. The Morgan fingerprint density at radius 3 is 2.25 bits per heavy atom. The van der Waals surface area contributed by atoms with E-state index in [0.29, 0.717) is 22.3 Å². The normalized spacial score (nSPS) is 12.5. The van der Waals surface area contributed by atoms with Crippen molar-refractivity contribution in [3.8, 4) is 11.3 Å². The van der Waals surface area contributed by atoms with Crippen LogP contribution in [0.1, 0.15) is 44.9 Å². The molecule has 2 rings (SSSR count). The zero-order valence-electron chi connectivity index (χ0n) is 16.6. The van der Waals surface area contributed by atoms with Crippen molar-refractivity contribution < 1.29 is 17.9 Å². The molecule has 0 aliphatic carbocycles. The molecule has 0 aliphatic rings. The Balaban J connectivity index is 2.67. The SMILES string of the molecule is CC(C)c1nc(N(C)S(=O)(=O)CC(C)(C)O)nc(-c2ccc(F)cc2)c1CBr. The minimum atomic E-state index is -3.85. The van der Waals surface area contributed by atoms with Crippen LogP contribution >= 0.6 is 15.9 Å². The smallest absolute Gasteiger partial charge is 0.240 e. The van der Waals surface area contributed by atoms with E-state index in [2.05, 4.69) is 25.9 Å². The fraction of sp³-hybridized carbons (Fsp3) is 0.474. The number of hydrogen-bond acceptors (Lipinski definition) is 5. The monoisotopic (exact) mass is 473 g/mol. The highest BCUT2D eigenvalue weighted by atomic mass is 79.9. The number of hydrogen-bond donors (Lipinski definition) is 1. The summed E-state index contributed by atoms with van der Waals surface area (Å²) in [4.78, 5) is 8.98. The second kappa shape index (κ2) is 8.42. The Labute approximate surface area is 174 Å². The fourth-order valence-electron chi connectivity index (χ4n) is 2.75. The van der Waals surface area contributed by atoms with Crippen LogP contribution in [0.3, 0.4) is 0 Å². The summed E-state index contributed by atoms with van der Waals surface area (Å²) in [6, 6.07) is 5.86. The molecule has 0 radical (unpaired) electrons. The third-order valence-electron chi connectivity index (χ3n) is 4.06. The topological polar surface area (TPSA) is 83.4 Å². The van der Waals surface area contributed by atoms with Gasteiger partial charge in [0.15, 0.2) is 0 Å². The zero-order valence-corrected chi connectivity index (χ0v) is 19.0. The van der Waals surface area contributed by atoms with Gasteiger partial charge in [0.1, 0.15) is 5.82 Å². The molecule has 6 nitrogen and oxygen atoms in total. The summed E-state index contributed by atoms with van der Waals surface area (Å²) < 4.78 is 39.8. The van der Waals surface area contributed by atoms with E-state index in [1.807, 2.05) is 13.8 Å². The minimum absolute atomic E-state index is 0.0111. The van der Waals surface area contributed by atoms with Crippen molar-refractivity contribution in [1.82, 2.24) is 9.97 Å². The van der Waals surface area contributed by atoms with Gasteiger partial charge in [-0.2, -0.15) is 0 Å². The van der Waals surface area contributed by atoms with E-state index in [4.69, 9.17) is 0 Å². The van der Waals surface area contributed by atoms with Crippen molar-refractivity contribution in [2.24, 2.45) is 0 Å². The predicted octanol–water partition coefficient (Wildman–Crippen LogP) is 3.84. The molecule has 0 saturated heterocycles. The first kappa shape index (κ1) is 22.7. The van der Waals surface area contributed by atoms with Crippen molar-refractivity contribution in [2.45, 2.75) is 44.5 Å². The second-order valence-corrected chi connectivity index (χ2v) is 10.1. The summed E-state index contributed by atoms with van der Waals surface area (Å²) in [5, 5.41) is 10.4. The lowest BCUT2D eigenvalue weighted by atomic mass is 10.00. The second-order valence-electron chi connectivity index (χ2n) is 7.57. The number of aliphatic hydroxyl groups is 1. The summed E-state index contributed by atoms with van der Waals surface area (Å²) in [5.41, 5.74) is 1.32. The van der Waals surface area contributed by atoms with Crippen LogP contribution in [0.15, 0.2) is 24.3 Å². The number of rotatable bonds is 7. The Morgan fingerprint density at radius 2 is 1.79 bits per heavy atom. The van der Waals surface area contributed by atoms with E-state index in [1.165, 1.54) is 33.0 Å². The minimum Gasteiger partial charge on any atom is -0.389 e. The van der Waals surface area contributed by atoms with Crippen LogP contribution in [-0.4, -0.2) is 41.9 Å². The number of nitrogens with zero attached hydrogens (tertiary/aromatic N) is 3. The molecular formula is C19H25BrFN3O3S. The van der Waals surface area contributed by atoms with Crippen molar-refractivity contribution in [3.63, 3.8) is 0 Å². The van der Waals surface area contributed by atoms with Gasteiger partial charge in [-0.05, 0) is 44.0 Å². The van der Waals surface area contributed by atoms with Crippen LogP contribution in [0.4, 0.5) is 10.3 Å². The standard InChI is InChI=1S/C19H25BrFN3O3S/c1-12(2)16-15(10-20)17(13-6-8-14(21)9-7-13)23-18(22-16)24(5)28(26,27)11-19(3,4)25/h6-9,12,25H,10-11H2,1-5H3. The highest BCUT2D eigenvalue weighted by Gasteiger charge is 2.30. The lowest BCUT2D eigenvalue weighted by Gasteiger charge is -2.25. The van der Waals surface area contributed by atoms with Gasteiger partial charge in [-0.1, -0.05) is 29.8 Å². The Bertz CT molecular complexity index is 942. The zero-order chi connectivity index (χ0) is 21.3. The highest BCUT2D eigenvalue weighted by molar-refractivity contribution is 9.08. The van der Waals surface area contributed by atoms with E-state index in [0.717, 1.165) is 9.87 Å². The number of sulfonamides is 1. The Morgan fingerprint density at radius 1 is 1.21 bits per heavy atom. The van der Waals surface area contributed by atoms with Crippen molar-refractivity contribution in [1.29, 1.82) is 0 Å². The van der Waals surface area contributed by atoms with Crippen LogP contribution < -0.4 is 4.31 Å². The molecule has 0 atom stereocenters. The van der Waals surface area contributed by atoms with Gasteiger partial charge in [-0.3, -0.25) is 0 Å². The third kappa shape index (κ3) is 5.27. The molecule has 0 amide bonds. The molecule has 28 heavy (non-hydrogen) atoms. The van der Waals surface area contributed by atoms with E-state index >= 15 is 0 Å². The largest absolute Gasteiger partial charge is 0.389 e. The first-order valence-corrected chi connectivity index (χ1v) is 11.5. The molecule has 0 fully saturated rings. The van der Waals surface area contributed by atoms with Gasteiger partial charge in [0.05, 0.1) is 22.7 Å². The molecule has 0 bridgehead atoms. The Hall–Kier alpha value is -1.58. The molecule has 1 heterocycles. The van der Waals surface area contributed by atoms with Crippen molar-refractivity contribution in [2.75, 3.05) is 17.1 Å². The number of halogens is 2. The molecule has 1 aromatic carbocycles. The Kier molecular flexibility index (Phi) is 6.83. The molecule has 0 unspecified atom stereocenters. The first-order valence-electron chi connectivity index (χ1n) is 8.77. The van der Waals surface area contributed by atoms with Gasteiger partial charge in [0.2, 0.25) is 16.0 Å². The third-order valence-corrected chi connectivity index (χ3v) is 6.69. The van der Waals surface area contributed by atoms with Gasteiger partial charge in [0.25, 0.3) is 0 Å². The highest BCUT2D eigenvalue weighted by Crippen LogP contribution is 2.32. The summed E-state index contributed by atoms with van der Waals surface area (Å²) >= 11 is 3.46. The van der Waals surface area contributed by atoms with Gasteiger partial charge in [0, 0.05) is 23.5 Å². The van der Waals surface area contributed by atoms with Crippen LogP contribution in [0.2, 0.25) is 0 Å².